The molecule has 0 unspecified atom stereocenters. The Balaban J connectivity index is 1.35. The Bertz CT molecular complexity index is 1280. The van der Waals surface area contributed by atoms with Crippen LogP contribution in [0.15, 0.2) is 73.2 Å². The van der Waals surface area contributed by atoms with Gasteiger partial charge in [-0.15, -0.1) is 0 Å². The lowest BCUT2D eigenvalue weighted by atomic mass is 9.98. The zero-order chi connectivity index (χ0) is 25.2. The van der Waals surface area contributed by atoms with E-state index in [1.807, 2.05) is 48.5 Å². The van der Waals surface area contributed by atoms with Crippen molar-refractivity contribution in [2.75, 3.05) is 6.54 Å². The third-order valence-electron chi connectivity index (χ3n) is 5.90. The van der Waals surface area contributed by atoms with E-state index in [-0.39, 0.29) is 0 Å². The highest BCUT2D eigenvalue weighted by molar-refractivity contribution is 6.08. The van der Waals surface area contributed by atoms with Crippen LogP contribution in [0.1, 0.15) is 40.3 Å². The standard InChI is InChI=1S/C27H30N6O3/c34-26(33-24(27(35)36)9-5-12-28-17-20-6-3-4-13-30-20)23-11-10-19(21-7-1-2-8-22(21)23)16-29-18-25-31-14-15-32-25/h1-4,6-8,10-11,13-15,24,28-29H,5,9,12,16-18H2,(H,31,32)(H,33,34)(H,35,36)/t24-/m0/s1. The summed E-state index contributed by atoms with van der Waals surface area (Å²) in [6.07, 6.45) is 6.15. The van der Waals surface area contributed by atoms with E-state index in [2.05, 4.69) is 30.9 Å². The molecule has 36 heavy (non-hydrogen) atoms. The second kappa shape index (κ2) is 12.6. The first-order chi connectivity index (χ1) is 17.6. The van der Waals surface area contributed by atoms with Crippen LogP contribution in [0.5, 0.6) is 0 Å². The van der Waals surface area contributed by atoms with Crippen molar-refractivity contribution in [2.24, 2.45) is 0 Å². The van der Waals surface area contributed by atoms with Gasteiger partial charge >= 0.3 is 5.97 Å². The molecule has 5 N–H and O–H groups in total. The summed E-state index contributed by atoms with van der Waals surface area (Å²) in [6.45, 7) is 2.44. The number of nitrogens with one attached hydrogen (secondary N) is 4. The number of imidazole rings is 1. The summed E-state index contributed by atoms with van der Waals surface area (Å²) in [4.78, 5) is 36.4. The topological polar surface area (TPSA) is 132 Å². The molecule has 0 aliphatic rings. The second-order valence-corrected chi connectivity index (χ2v) is 8.46. The van der Waals surface area contributed by atoms with Crippen molar-refractivity contribution in [3.8, 4) is 0 Å². The van der Waals surface area contributed by atoms with Gasteiger partial charge in [0.05, 0.1) is 12.2 Å². The largest absolute Gasteiger partial charge is 0.480 e. The van der Waals surface area contributed by atoms with Gasteiger partial charge in [0.1, 0.15) is 11.9 Å². The van der Waals surface area contributed by atoms with E-state index in [1.165, 1.54) is 0 Å². The quantitative estimate of drug-likeness (QED) is 0.184. The molecule has 0 radical (unpaired) electrons. The molecule has 2 heterocycles. The molecule has 2 aromatic heterocycles. The number of carbonyl (C=O) groups is 2. The molecule has 1 atom stereocenters. The lowest BCUT2D eigenvalue weighted by Crippen LogP contribution is -2.41. The van der Waals surface area contributed by atoms with Gasteiger partial charge in [-0.25, -0.2) is 9.78 Å². The molecule has 0 spiro atoms. The van der Waals surface area contributed by atoms with E-state index in [0.717, 1.165) is 27.9 Å². The predicted octanol–water partition coefficient (Wildman–Crippen LogP) is 3.00. The zero-order valence-electron chi connectivity index (χ0n) is 19.9. The number of fused-ring (bicyclic) bond motifs is 1. The van der Waals surface area contributed by atoms with Crippen molar-refractivity contribution in [1.29, 1.82) is 0 Å². The maximum Gasteiger partial charge on any atom is 0.326 e. The lowest BCUT2D eigenvalue weighted by Gasteiger charge is -2.17. The fourth-order valence-electron chi connectivity index (χ4n) is 4.07. The Morgan fingerprint density at radius 3 is 2.47 bits per heavy atom. The number of hydrogen-bond donors (Lipinski definition) is 5. The molecule has 0 aliphatic heterocycles. The van der Waals surface area contributed by atoms with Crippen LogP contribution in [0.2, 0.25) is 0 Å². The number of nitrogens with zero attached hydrogens (tertiary/aromatic N) is 2. The fraction of sp³-hybridized carbons (Fsp3) is 0.259. The monoisotopic (exact) mass is 486 g/mol. The van der Waals surface area contributed by atoms with Gasteiger partial charge in [-0.2, -0.15) is 0 Å². The predicted molar refractivity (Wildman–Crippen MR) is 137 cm³/mol. The van der Waals surface area contributed by atoms with E-state index in [9.17, 15) is 14.7 Å². The van der Waals surface area contributed by atoms with Crippen LogP contribution in [0, 0.1) is 0 Å². The summed E-state index contributed by atoms with van der Waals surface area (Å²) in [6, 6.07) is 16.1. The average Bonchev–Trinajstić information content (AvgIpc) is 3.42. The molecule has 4 rings (SSSR count). The molecule has 0 saturated carbocycles. The molecule has 9 heteroatoms. The van der Waals surface area contributed by atoms with E-state index in [1.54, 1.807) is 24.7 Å². The number of carboxylic acids is 1. The average molecular weight is 487 g/mol. The highest BCUT2D eigenvalue weighted by Crippen LogP contribution is 2.23. The number of H-pyrrole nitrogens is 1. The molecule has 0 aliphatic carbocycles. The molecule has 0 fully saturated rings. The molecule has 1 amide bonds. The van der Waals surface area contributed by atoms with Crippen LogP contribution in [-0.2, 0) is 24.4 Å². The van der Waals surface area contributed by atoms with Crippen LogP contribution >= 0.6 is 0 Å². The first kappa shape index (κ1) is 25.0. The summed E-state index contributed by atoms with van der Waals surface area (Å²) in [5.74, 6) is -0.590. The number of pyridine rings is 1. The van der Waals surface area contributed by atoms with Gasteiger partial charge in [0.25, 0.3) is 5.91 Å². The van der Waals surface area contributed by atoms with Crippen molar-refractivity contribution in [3.63, 3.8) is 0 Å². The second-order valence-electron chi connectivity index (χ2n) is 8.46. The number of benzene rings is 2. The number of carbonyl (C=O) groups excluding carboxylic acids is 1. The third-order valence-corrected chi connectivity index (χ3v) is 5.90. The Hall–Kier alpha value is -4.08. The first-order valence-corrected chi connectivity index (χ1v) is 12.0. The maximum absolute atomic E-state index is 13.1. The van der Waals surface area contributed by atoms with Gasteiger partial charge in [0, 0.05) is 37.2 Å². The number of aliphatic carboxylic acids is 1. The van der Waals surface area contributed by atoms with Crippen LogP contribution in [0.3, 0.4) is 0 Å². The highest BCUT2D eigenvalue weighted by Gasteiger charge is 2.21. The summed E-state index contributed by atoms with van der Waals surface area (Å²) < 4.78 is 0. The Kier molecular flexibility index (Phi) is 8.74. The zero-order valence-corrected chi connectivity index (χ0v) is 19.9. The van der Waals surface area contributed by atoms with Crippen LogP contribution in [0.4, 0.5) is 0 Å². The molecule has 2 aromatic carbocycles. The molecule has 9 nitrogen and oxygen atoms in total. The lowest BCUT2D eigenvalue weighted by molar-refractivity contribution is -0.139. The molecule has 0 saturated heterocycles. The summed E-state index contributed by atoms with van der Waals surface area (Å²) in [5.41, 5.74) is 2.43. The van der Waals surface area contributed by atoms with E-state index in [0.29, 0.717) is 44.6 Å². The molecule has 4 aromatic rings. The van der Waals surface area contributed by atoms with Gasteiger partial charge in [-0.3, -0.25) is 9.78 Å². The minimum Gasteiger partial charge on any atom is -0.480 e. The number of aromatic amines is 1. The Labute approximate surface area is 209 Å². The van der Waals surface area contributed by atoms with Gasteiger partial charge in [0.2, 0.25) is 0 Å². The van der Waals surface area contributed by atoms with Crippen molar-refractivity contribution in [1.82, 2.24) is 30.9 Å². The first-order valence-electron chi connectivity index (χ1n) is 12.0. The summed E-state index contributed by atoms with van der Waals surface area (Å²) in [5, 5.41) is 20.7. The molecular weight excluding hydrogens is 456 g/mol. The van der Waals surface area contributed by atoms with Crippen LogP contribution in [0.25, 0.3) is 10.8 Å². The van der Waals surface area contributed by atoms with E-state index in [4.69, 9.17) is 0 Å². The molecular formula is C27H30N6O3. The molecule has 186 valence electrons. The van der Waals surface area contributed by atoms with Crippen LogP contribution in [-0.4, -0.2) is 44.5 Å². The normalized spacial score (nSPS) is 11.9. The SMILES string of the molecule is O=C(N[C@@H](CCCNCc1ccccn1)C(=O)O)c1ccc(CNCc2ncc[nH]2)c2ccccc12. The van der Waals surface area contributed by atoms with Crippen molar-refractivity contribution in [3.05, 3.63) is 95.8 Å². The van der Waals surface area contributed by atoms with Gasteiger partial charge in [0.15, 0.2) is 0 Å². The Morgan fingerprint density at radius 1 is 0.889 bits per heavy atom. The number of aromatic nitrogens is 3. The van der Waals surface area contributed by atoms with E-state index < -0.39 is 17.9 Å². The number of rotatable bonds is 13. The van der Waals surface area contributed by atoms with Crippen molar-refractivity contribution < 1.29 is 14.7 Å². The molecule has 0 bridgehead atoms. The van der Waals surface area contributed by atoms with Gasteiger partial charge < -0.3 is 26.0 Å². The highest BCUT2D eigenvalue weighted by atomic mass is 16.4. The maximum atomic E-state index is 13.1. The van der Waals surface area contributed by atoms with Crippen molar-refractivity contribution >= 4 is 22.6 Å². The fourth-order valence-corrected chi connectivity index (χ4v) is 4.07. The minimum atomic E-state index is -1.05. The van der Waals surface area contributed by atoms with Crippen molar-refractivity contribution in [2.45, 2.75) is 38.5 Å². The third kappa shape index (κ3) is 6.74. The number of amides is 1. The Morgan fingerprint density at radius 2 is 1.72 bits per heavy atom. The van der Waals surface area contributed by atoms with Gasteiger partial charge in [-0.05, 0) is 53.9 Å². The summed E-state index contributed by atoms with van der Waals surface area (Å²) in [7, 11) is 0. The number of carboxylic acid groups (broad SMARTS) is 1. The van der Waals surface area contributed by atoms with Crippen LogP contribution < -0.4 is 16.0 Å². The minimum absolute atomic E-state index is 0.322. The van der Waals surface area contributed by atoms with Gasteiger partial charge in [-0.1, -0.05) is 36.4 Å². The van der Waals surface area contributed by atoms with E-state index >= 15 is 0 Å². The summed E-state index contributed by atoms with van der Waals surface area (Å²) >= 11 is 0. The number of hydrogen-bond acceptors (Lipinski definition) is 6. The smallest absolute Gasteiger partial charge is 0.326 e.